The number of nitriles is 1. The van der Waals surface area contributed by atoms with E-state index in [0.717, 1.165) is 0 Å². The van der Waals surface area contributed by atoms with Crippen LogP contribution in [0.15, 0.2) is 71.8 Å². The van der Waals surface area contributed by atoms with Gasteiger partial charge < -0.3 is 10.1 Å². The Morgan fingerprint density at radius 2 is 1.95 bits per heavy atom. The molecule has 0 saturated carbocycles. The first kappa shape index (κ1) is 27.7. The van der Waals surface area contributed by atoms with Crippen molar-refractivity contribution in [1.82, 2.24) is 14.9 Å². The summed E-state index contributed by atoms with van der Waals surface area (Å²) in [5, 5.41) is 24.3. The maximum Gasteiger partial charge on any atom is 0.338 e. The summed E-state index contributed by atoms with van der Waals surface area (Å²) in [6.07, 6.45) is 2.15. The van der Waals surface area contributed by atoms with Crippen molar-refractivity contribution in [2.45, 2.75) is 32.2 Å². The van der Waals surface area contributed by atoms with Gasteiger partial charge in [-0.1, -0.05) is 37.6 Å². The topological polar surface area (TPSA) is 157 Å². The van der Waals surface area contributed by atoms with Gasteiger partial charge in [0.05, 0.1) is 51.2 Å². The molecule has 1 heterocycles. The van der Waals surface area contributed by atoms with Crippen LogP contribution in [0.1, 0.15) is 52.7 Å². The summed E-state index contributed by atoms with van der Waals surface area (Å²) in [7, 11) is 1.17. The molecular weight excluding hydrogens is 514 g/mol. The number of amides is 1. The van der Waals surface area contributed by atoms with Crippen molar-refractivity contribution in [3.8, 4) is 11.8 Å². The number of para-hydroxylation sites is 1. The van der Waals surface area contributed by atoms with E-state index in [-0.39, 0.29) is 35.3 Å². The number of ether oxygens (including phenoxy) is 1. The zero-order valence-electron chi connectivity index (χ0n) is 21.8. The quantitative estimate of drug-likeness (QED) is 0.189. The van der Waals surface area contributed by atoms with Gasteiger partial charge in [0.2, 0.25) is 5.91 Å². The largest absolute Gasteiger partial charge is 0.465 e. The van der Waals surface area contributed by atoms with Gasteiger partial charge in [-0.05, 0) is 42.3 Å². The van der Waals surface area contributed by atoms with Gasteiger partial charge in [-0.15, -0.1) is 0 Å². The monoisotopic (exact) mass is 539 g/mol. The van der Waals surface area contributed by atoms with E-state index in [2.05, 4.69) is 16.4 Å². The van der Waals surface area contributed by atoms with Gasteiger partial charge in [-0.3, -0.25) is 24.3 Å². The highest BCUT2D eigenvalue weighted by Gasteiger charge is 2.32. The fourth-order valence-electron chi connectivity index (χ4n) is 4.60. The molecule has 0 aliphatic heterocycles. The van der Waals surface area contributed by atoms with Gasteiger partial charge >= 0.3 is 5.97 Å². The number of carbonyl (C=O) groups is 2. The highest BCUT2D eigenvalue weighted by molar-refractivity contribution is 5.96. The number of hydrogen-bond acceptors (Lipinski definition) is 8. The van der Waals surface area contributed by atoms with E-state index in [1.165, 1.54) is 36.2 Å². The standard InChI is InChI=1S/C29H25N5O6/c1-3-7-21(26-22(29(37)40-2)9-6-11-25(26)34(38)39)27(35)31-16-18-12-13-20-23(14-18)32-17-33(28(20)36)24-10-5-4-8-19(24)15-30/h4-6,8-14,17,21H,3,7,16H2,1-2H3,(H,31,35). The predicted octanol–water partition coefficient (Wildman–Crippen LogP) is 4.15. The molecule has 4 rings (SSSR count). The van der Waals surface area contributed by atoms with Crippen molar-refractivity contribution >= 4 is 28.5 Å². The molecule has 0 spiro atoms. The molecule has 11 nitrogen and oxygen atoms in total. The summed E-state index contributed by atoms with van der Waals surface area (Å²) in [6.45, 7) is 1.90. The Kier molecular flexibility index (Phi) is 8.30. The summed E-state index contributed by atoms with van der Waals surface area (Å²) in [5.41, 5.74) is 1.10. The number of fused-ring (bicyclic) bond motifs is 1. The molecule has 4 aromatic rings. The van der Waals surface area contributed by atoms with E-state index in [9.17, 15) is 29.8 Å². The van der Waals surface area contributed by atoms with E-state index in [4.69, 9.17) is 4.74 Å². The minimum atomic E-state index is -0.966. The van der Waals surface area contributed by atoms with Crippen molar-refractivity contribution < 1.29 is 19.2 Å². The molecule has 11 heteroatoms. The minimum absolute atomic E-state index is 0.0112. The SMILES string of the molecule is CCCC(C(=O)NCc1ccc2c(=O)n(-c3ccccc3C#N)cnc2c1)c1c(C(=O)OC)cccc1[N+](=O)[O-]. The van der Waals surface area contributed by atoms with Crippen molar-refractivity contribution in [2.24, 2.45) is 0 Å². The second kappa shape index (κ2) is 12.0. The lowest BCUT2D eigenvalue weighted by atomic mass is 9.88. The first-order chi connectivity index (χ1) is 19.3. The maximum absolute atomic E-state index is 13.3. The Morgan fingerprint density at radius 3 is 2.65 bits per heavy atom. The van der Waals surface area contributed by atoms with Crippen LogP contribution in [0.2, 0.25) is 0 Å². The molecule has 1 unspecified atom stereocenters. The van der Waals surface area contributed by atoms with Crippen LogP contribution in [0.25, 0.3) is 16.6 Å². The van der Waals surface area contributed by atoms with Crippen LogP contribution in [-0.2, 0) is 16.1 Å². The van der Waals surface area contributed by atoms with E-state index in [1.54, 1.807) is 42.5 Å². The summed E-state index contributed by atoms with van der Waals surface area (Å²) >= 11 is 0. The number of rotatable bonds is 9. The van der Waals surface area contributed by atoms with Gasteiger partial charge in [-0.2, -0.15) is 5.26 Å². The van der Waals surface area contributed by atoms with Gasteiger partial charge in [0.25, 0.3) is 11.2 Å². The molecule has 202 valence electrons. The molecule has 0 saturated heterocycles. The number of hydrogen-bond donors (Lipinski definition) is 1. The Hall–Kier alpha value is -5.37. The summed E-state index contributed by atoms with van der Waals surface area (Å²) in [5.74, 6) is -2.22. The molecule has 40 heavy (non-hydrogen) atoms. The van der Waals surface area contributed by atoms with E-state index < -0.39 is 22.7 Å². The molecule has 3 aromatic carbocycles. The number of aromatic nitrogens is 2. The highest BCUT2D eigenvalue weighted by Crippen LogP contribution is 2.34. The fraction of sp³-hybridized carbons (Fsp3) is 0.207. The second-order valence-corrected chi connectivity index (χ2v) is 8.95. The van der Waals surface area contributed by atoms with Crippen LogP contribution in [0, 0.1) is 21.4 Å². The third-order valence-corrected chi connectivity index (χ3v) is 6.50. The average Bonchev–Trinajstić information content (AvgIpc) is 2.98. The molecular formula is C29H25N5O6. The number of nitro benzene ring substituents is 1. The molecule has 0 aliphatic carbocycles. The number of esters is 1. The average molecular weight is 540 g/mol. The lowest BCUT2D eigenvalue weighted by Gasteiger charge is -2.19. The van der Waals surface area contributed by atoms with Crippen LogP contribution >= 0.6 is 0 Å². The molecule has 0 aliphatic rings. The highest BCUT2D eigenvalue weighted by atomic mass is 16.6. The number of carbonyl (C=O) groups excluding carboxylic acids is 2. The fourth-order valence-corrected chi connectivity index (χ4v) is 4.60. The Bertz CT molecular complexity index is 1720. The summed E-state index contributed by atoms with van der Waals surface area (Å²) < 4.78 is 6.11. The van der Waals surface area contributed by atoms with Gasteiger partial charge in [0, 0.05) is 12.6 Å². The number of methoxy groups -OCH3 is 1. The number of nitrogens with one attached hydrogen (secondary N) is 1. The Labute approximate surface area is 228 Å². The molecule has 1 atom stereocenters. The number of benzene rings is 3. The normalized spacial score (nSPS) is 11.4. The van der Waals surface area contributed by atoms with Crippen molar-refractivity contribution in [3.63, 3.8) is 0 Å². The van der Waals surface area contributed by atoms with Crippen molar-refractivity contribution in [3.05, 3.63) is 110 Å². The van der Waals surface area contributed by atoms with Crippen LogP contribution in [-0.4, -0.2) is 33.5 Å². The Balaban J connectivity index is 1.63. The van der Waals surface area contributed by atoms with Crippen molar-refractivity contribution in [2.75, 3.05) is 7.11 Å². The predicted molar refractivity (Wildman–Crippen MR) is 146 cm³/mol. The number of nitrogens with zero attached hydrogens (tertiary/aromatic N) is 4. The molecule has 1 N–H and O–H groups in total. The van der Waals surface area contributed by atoms with E-state index in [1.807, 2.05) is 6.92 Å². The third-order valence-electron chi connectivity index (χ3n) is 6.50. The van der Waals surface area contributed by atoms with E-state index in [0.29, 0.717) is 34.1 Å². The molecule has 1 aromatic heterocycles. The Morgan fingerprint density at radius 1 is 1.18 bits per heavy atom. The smallest absolute Gasteiger partial charge is 0.338 e. The second-order valence-electron chi connectivity index (χ2n) is 8.95. The van der Waals surface area contributed by atoms with Crippen LogP contribution in [0.4, 0.5) is 5.69 Å². The zero-order chi connectivity index (χ0) is 28.8. The lowest BCUT2D eigenvalue weighted by Crippen LogP contribution is -2.30. The number of nitro groups is 1. The first-order valence-corrected chi connectivity index (χ1v) is 12.4. The zero-order valence-corrected chi connectivity index (χ0v) is 21.8. The molecule has 0 fully saturated rings. The first-order valence-electron chi connectivity index (χ1n) is 12.4. The van der Waals surface area contributed by atoms with Gasteiger partial charge in [-0.25, -0.2) is 9.78 Å². The lowest BCUT2D eigenvalue weighted by molar-refractivity contribution is -0.385. The van der Waals surface area contributed by atoms with Gasteiger partial charge in [0.15, 0.2) is 0 Å². The maximum atomic E-state index is 13.3. The minimum Gasteiger partial charge on any atom is -0.465 e. The molecule has 0 radical (unpaired) electrons. The summed E-state index contributed by atoms with van der Waals surface area (Å²) in [4.78, 5) is 54.4. The molecule has 1 amide bonds. The van der Waals surface area contributed by atoms with Crippen LogP contribution in [0.5, 0.6) is 0 Å². The van der Waals surface area contributed by atoms with Crippen LogP contribution < -0.4 is 10.9 Å². The molecule has 0 bridgehead atoms. The third kappa shape index (κ3) is 5.42. The van der Waals surface area contributed by atoms with Gasteiger partial charge in [0.1, 0.15) is 12.4 Å². The van der Waals surface area contributed by atoms with E-state index >= 15 is 0 Å². The van der Waals surface area contributed by atoms with Crippen LogP contribution in [0.3, 0.4) is 0 Å². The summed E-state index contributed by atoms with van der Waals surface area (Å²) in [6, 6.07) is 17.7. The van der Waals surface area contributed by atoms with Crippen molar-refractivity contribution in [1.29, 1.82) is 5.26 Å².